The van der Waals surface area contributed by atoms with Crippen LogP contribution in [0.1, 0.15) is 35.0 Å². The summed E-state index contributed by atoms with van der Waals surface area (Å²) in [6, 6.07) is 10.6. The average molecular weight is 375 g/mol. The summed E-state index contributed by atoms with van der Waals surface area (Å²) in [5, 5.41) is 30.1. The van der Waals surface area contributed by atoms with Crippen LogP contribution >= 0.6 is 0 Å². The van der Waals surface area contributed by atoms with E-state index >= 15 is 0 Å². The van der Waals surface area contributed by atoms with Crippen molar-refractivity contribution in [3.8, 4) is 11.6 Å². The molecule has 0 spiro atoms. The maximum atomic E-state index is 12.5. The van der Waals surface area contributed by atoms with Gasteiger partial charge >= 0.3 is 0 Å². The first-order valence-electron chi connectivity index (χ1n) is 8.89. The van der Waals surface area contributed by atoms with Gasteiger partial charge < -0.3 is 10.4 Å². The lowest BCUT2D eigenvalue weighted by atomic mass is 9.86. The van der Waals surface area contributed by atoms with Crippen LogP contribution in [0.3, 0.4) is 0 Å². The minimum absolute atomic E-state index is 0.108. The third-order valence-electron chi connectivity index (χ3n) is 5.00. The van der Waals surface area contributed by atoms with Crippen LogP contribution in [0.5, 0.6) is 5.75 Å². The van der Waals surface area contributed by atoms with Gasteiger partial charge in [-0.3, -0.25) is 4.79 Å². The fourth-order valence-corrected chi connectivity index (χ4v) is 3.74. The highest BCUT2D eigenvalue weighted by atomic mass is 16.3. The van der Waals surface area contributed by atoms with E-state index in [0.29, 0.717) is 29.5 Å². The van der Waals surface area contributed by atoms with Crippen molar-refractivity contribution in [3.05, 3.63) is 59.0 Å². The van der Waals surface area contributed by atoms with Gasteiger partial charge in [-0.05, 0) is 43.7 Å². The number of phenolic OH excluding ortho intramolecular Hbond substituents is 1. The van der Waals surface area contributed by atoms with E-state index in [1.807, 2.05) is 26.0 Å². The number of hydrogen-bond donors (Lipinski definition) is 2. The van der Waals surface area contributed by atoms with Crippen molar-refractivity contribution in [1.82, 2.24) is 29.6 Å². The predicted molar refractivity (Wildman–Crippen MR) is 101 cm³/mol. The van der Waals surface area contributed by atoms with Gasteiger partial charge in [0.05, 0.1) is 5.69 Å². The Morgan fingerprint density at radius 1 is 1.14 bits per heavy atom. The molecule has 9 nitrogen and oxygen atoms in total. The van der Waals surface area contributed by atoms with Gasteiger partial charge in [-0.1, -0.05) is 12.1 Å². The van der Waals surface area contributed by atoms with Crippen molar-refractivity contribution in [1.29, 1.82) is 0 Å². The molecule has 5 rings (SSSR count). The van der Waals surface area contributed by atoms with Crippen LogP contribution in [0, 0.1) is 13.8 Å². The molecule has 1 aliphatic rings. The van der Waals surface area contributed by atoms with Crippen LogP contribution in [0.15, 0.2) is 36.4 Å². The van der Waals surface area contributed by atoms with Gasteiger partial charge in [0.25, 0.3) is 0 Å². The van der Waals surface area contributed by atoms with E-state index in [9.17, 15) is 9.90 Å². The molecule has 1 amide bonds. The number of nitrogens with zero attached hydrogens (tertiary/aromatic N) is 6. The molecular weight excluding hydrogens is 358 g/mol. The third kappa shape index (κ3) is 2.43. The second-order valence-corrected chi connectivity index (χ2v) is 6.87. The van der Waals surface area contributed by atoms with Gasteiger partial charge in [0, 0.05) is 17.9 Å². The predicted octanol–water partition coefficient (Wildman–Crippen LogP) is 2.11. The molecule has 0 radical (unpaired) electrons. The highest BCUT2D eigenvalue weighted by molar-refractivity contribution is 5.95. The van der Waals surface area contributed by atoms with E-state index in [2.05, 4.69) is 25.7 Å². The molecule has 140 valence electrons. The highest BCUT2D eigenvalue weighted by Crippen LogP contribution is 2.40. The Morgan fingerprint density at radius 3 is 2.82 bits per heavy atom. The quantitative estimate of drug-likeness (QED) is 0.555. The minimum atomic E-state index is -0.190. The summed E-state index contributed by atoms with van der Waals surface area (Å²) < 4.78 is 3.27. The molecule has 1 atom stereocenters. The molecule has 0 bridgehead atoms. The SMILES string of the molecule is Cc1nn(-c2ccc3nnc(C)n3n2)c2c1[C@@H](c1cccc(O)c1)CC(=O)N2. The van der Waals surface area contributed by atoms with Crippen molar-refractivity contribution in [3.63, 3.8) is 0 Å². The molecular formula is C19H17N7O2. The summed E-state index contributed by atoms with van der Waals surface area (Å²) >= 11 is 0. The first-order chi connectivity index (χ1) is 13.5. The summed E-state index contributed by atoms with van der Waals surface area (Å²) in [5.41, 5.74) is 3.23. The number of hydrogen-bond acceptors (Lipinski definition) is 6. The molecule has 1 aliphatic heterocycles. The Balaban J connectivity index is 1.69. The fourth-order valence-electron chi connectivity index (χ4n) is 3.74. The average Bonchev–Trinajstić information content (AvgIpc) is 3.21. The molecule has 1 aromatic carbocycles. The first-order valence-corrected chi connectivity index (χ1v) is 8.89. The Morgan fingerprint density at radius 2 is 2.00 bits per heavy atom. The molecule has 0 saturated carbocycles. The molecule has 0 saturated heterocycles. The summed E-state index contributed by atoms with van der Waals surface area (Å²) in [6.45, 7) is 3.73. The molecule has 0 unspecified atom stereocenters. The smallest absolute Gasteiger partial charge is 0.226 e. The largest absolute Gasteiger partial charge is 0.508 e. The van der Waals surface area contributed by atoms with E-state index in [1.54, 1.807) is 33.5 Å². The number of aromatic nitrogens is 6. The summed E-state index contributed by atoms with van der Waals surface area (Å²) in [6.07, 6.45) is 0.292. The number of benzene rings is 1. The van der Waals surface area contributed by atoms with Crippen LogP contribution in [0.2, 0.25) is 0 Å². The standard InChI is InChI=1S/C19H17N7O2/c1-10-18-14(12-4-3-5-13(27)8-12)9-17(28)20-19(18)26(23-10)16-7-6-15-22-21-11(2)25(15)24-16/h3-8,14,27H,9H2,1-2H3,(H,20,28)/t14-/m1/s1. The van der Waals surface area contributed by atoms with Crippen LogP contribution in [0.4, 0.5) is 5.82 Å². The van der Waals surface area contributed by atoms with E-state index in [0.717, 1.165) is 16.8 Å². The second kappa shape index (κ2) is 5.88. The zero-order valence-electron chi connectivity index (χ0n) is 15.3. The van der Waals surface area contributed by atoms with Gasteiger partial charge in [0.2, 0.25) is 5.91 Å². The summed E-state index contributed by atoms with van der Waals surface area (Å²) in [5.74, 6) is 1.69. The van der Waals surface area contributed by atoms with Crippen LogP contribution in [0.25, 0.3) is 11.5 Å². The monoisotopic (exact) mass is 375 g/mol. The van der Waals surface area contributed by atoms with Gasteiger partial charge in [0.15, 0.2) is 17.3 Å². The van der Waals surface area contributed by atoms with Crippen LogP contribution < -0.4 is 5.32 Å². The topological polar surface area (TPSA) is 110 Å². The van der Waals surface area contributed by atoms with Crippen LogP contribution in [-0.4, -0.2) is 40.6 Å². The van der Waals surface area contributed by atoms with Gasteiger partial charge in [-0.25, -0.2) is 0 Å². The molecule has 3 aromatic heterocycles. The van der Waals surface area contributed by atoms with E-state index in [-0.39, 0.29) is 17.6 Å². The van der Waals surface area contributed by atoms with Gasteiger partial charge in [-0.2, -0.15) is 14.3 Å². The number of phenols is 1. The second-order valence-electron chi connectivity index (χ2n) is 6.87. The number of carbonyl (C=O) groups excluding carboxylic acids is 1. The highest BCUT2D eigenvalue weighted by Gasteiger charge is 2.33. The lowest BCUT2D eigenvalue weighted by molar-refractivity contribution is -0.116. The zero-order chi connectivity index (χ0) is 19.4. The normalized spacial score (nSPS) is 16.2. The van der Waals surface area contributed by atoms with Crippen LogP contribution in [-0.2, 0) is 4.79 Å². The van der Waals surface area contributed by atoms with Crippen molar-refractivity contribution in [2.24, 2.45) is 0 Å². The number of nitrogens with one attached hydrogen (secondary N) is 1. The molecule has 0 fully saturated rings. The lowest BCUT2D eigenvalue weighted by Crippen LogP contribution is -2.25. The number of fused-ring (bicyclic) bond motifs is 2. The Kier molecular flexibility index (Phi) is 3.45. The molecule has 4 heterocycles. The van der Waals surface area contributed by atoms with Crippen molar-refractivity contribution in [2.75, 3.05) is 5.32 Å². The maximum absolute atomic E-state index is 12.5. The number of carbonyl (C=O) groups is 1. The molecule has 2 N–H and O–H groups in total. The lowest BCUT2D eigenvalue weighted by Gasteiger charge is -2.24. The number of aromatic hydroxyl groups is 1. The van der Waals surface area contributed by atoms with E-state index in [4.69, 9.17) is 0 Å². The third-order valence-corrected chi connectivity index (χ3v) is 5.00. The number of amides is 1. The number of aryl methyl sites for hydroxylation is 2. The van der Waals surface area contributed by atoms with Gasteiger partial charge in [-0.15, -0.1) is 15.3 Å². The van der Waals surface area contributed by atoms with Gasteiger partial charge in [0.1, 0.15) is 11.6 Å². The van der Waals surface area contributed by atoms with Crippen molar-refractivity contribution < 1.29 is 9.90 Å². The Hall–Kier alpha value is -3.75. The summed E-state index contributed by atoms with van der Waals surface area (Å²) in [4.78, 5) is 12.5. The molecule has 28 heavy (non-hydrogen) atoms. The van der Waals surface area contributed by atoms with Crippen molar-refractivity contribution >= 4 is 17.4 Å². The van der Waals surface area contributed by atoms with E-state index < -0.39 is 0 Å². The van der Waals surface area contributed by atoms with Crippen molar-refractivity contribution in [2.45, 2.75) is 26.2 Å². The number of anilines is 1. The molecule has 4 aromatic rings. The Labute approximate surface area is 159 Å². The zero-order valence-corrected chi connectivity index (χ0v) is 15.3. The summed E-state index contributed by atoms with van der Waals surface area (Å²) in [7, 11) is 0. The Bertz CT molecular complexity index is 1240. The molecule has 0 aliphatic carbocycles. The fraction of sp³-hybridized carbons (Fsp3) is 0.211. The minimum Gasteiger partial charge on any atom is -0.508 e. The van der Waals surface area contributed by atoms with E-state index in [1.165, 1.54) is 0 Å². The first kappa shape index (κ1) is 16.4. The number of rotatable bonds is 2. The molecule has 9 heteroatoms. The maximum Gasteiger partial charge on any atom is 0.226 e.